The number of carbonyl (C=O) groups is 1. The second-order valence-electron chi connectivity index (χ2n) is 4.99. The van der Waals surface area contributed by atoms with Gasteiger partial charge in [-0.25, -0.2) is 4.79 Å². The van der Waals surface area contributed by atoms with Crippen molar-refractivity contribution in [2.24, 2.45) is 0 Å². The molecule has 0 spiro atoms. The fourth-order valence-electron chi connectivity index (χ4n) is 2.00. The number of ether oxygens (including phenoxy) is 2. The van der Waals surface area contributed by atoms with Crippen LogP contribution in [0.5, 0.6) is 11.5 Å². The molecule has 2 rings (SSSR count). The maximum absolute atomic E-state index is 11.9. The number of esters is 1. The van der Waals surface area contributed by atoms with Crippen molar-refractivity contribution in [3.63, 3.8) is 0 Å². The first-order valence-electron chi connectivity index (χ1n) is 6.64. The molecule has 128 valence electrons. The average molecular weight is 429 g/mol. The Morgan fingerprint density at radius 2 is 1.29 bits per heavy atom. The molecule has 3 nitrogen and oxygen atoms in total. The normalized spacial score (nSPS) is 10.6. The molecule has 0 aromatic heterocycles. The number of hydrogen-bond donors (Lipinski definition) is 0. The number of aryl methyl sites for hydroxylation is 2. The molecule has 0 radical (unpaired) electrons. The van der Waals surface area contributed by atoms with Crippen molar-refractivity contribution >= 4 is 64.0 Å². The van der Waals surface area contributed by atoms with Crippen molar-refractivity contribution in [2.75, 3.05) is 6.61 Å². The molecular weight excluding hydrogens is 417 g/mol. The standard InChI is InChI=1S/C16H11Cl5O3/c1-7-3-8(2)5-9(4-7)24-10(22)6-23-16-14(20)12(18)11(17)13(19)15(16)21/h3-5H,6H2,1-2H3. The quantitative estimate of drug-likeness (QED) is 0.240. The lowest BCUT2D eigenvalue weighted by Gasteiger charge is -2.13. The maximum atomic E-state index is 11.9. The lowest BCUT2D eigenvalue weighted by molar-refractivity contribution is -0.136. The van der Waals surface area contributed by atoms with Crippen molar-refractivity contribution in [1.82, 2.24) is 0 Å². The summed E-state index contributed by atoms with van der Waals surface area (Å²) in [5.74, 6) is -0.241. The van der Waals surface area contributed by atoms with Gasteiger partial charge in [-0.2, -0.15) is 0 Å². The van der Waals surface area contributed by atoms with Crippen LogP contribution in [0.15, 0.2) is 18.2 Å². The Labute approximate surface area is 164 Å². The second kappa shape index (κ2) is 8.03. The predicted molar refractivity (Wildman–Crippen MR) is 98.5 cm³/mol. The van der Waals surface area contributed by atoms with Gasteiger partial charge in [0.25, 0.3) is 0 Å². The summed E-state index contributed by atoms with van der Waals surface area (Å²) in [5.41, 5.74) is 1.95. The van der Waals surface area contributed by atoms with Crippen LogP contribution in [-0.2, 0) is 4.79 Å². The van der Waals surface area contributed by atoms with Gasteiger partial charge >= 0.3 is 5.97 Å². The van der Waals surface area contributed by atoms with Crippen LogP contribution in [0.1, 0.15) is 11.1 Å². The summed E-state index contributed by atoms with van der Waals surface area (Å²) in [5, 5.41) is -0.0696. The number of hydrogen-bond acceptors (Lipinski definition) is 3. The topological polar surface area (TPSA) is 35.5 Å². The predicted octanol–water partition coefficient (Wildman–Crippen LogP) is 6.55. The highest BCUT2D eigenvalue weighted by Crippen LogP contribution is 2.48. The highest BCUT2D eigenvalue weighted by Gasteiger charge is 2.21. The molecule has 0 atom stereocenters. The van der Waals surface area contributed by atoms with Crippen molar-refractivity contribution in [2.45, 2.75) is 13.8 Å². The molecule has 0 bridgehead atoms. The third-order valence-corrected chi connectivity index (χ3v) is 5.17. The van der Waals surface area contributed by atoms with E-state index in [1.165, 1.54) is 0 Å². The molecule has 0 fully saturated rings. The van der Waals surface area contributed by atoms with E-state index in [4.69, 9.17) is 67.5 Å². The molecule has 0 amide bonds. The summed E-state index contributed by atoms with van der Waals surface area (Å²) in [6.07, 6.45) is 0. The second-order valence-corrected chi connectivity index (χ2v) is 6.88. The minimum absolute atomic E-state index is 0.00888. The molecular formula is C16H11Cl5O3. The van der Waals surface area contributed by atoms with E-state index in [1.54, 1.807) is 12.1 Å². The van der Waals surface area contributed by atoms with E-state index >= 15 is 0 Å². The highest BCUT2D eigenvalue weighted by atomic mass is 35.5. The third-order valence-electron chi connectivity index (χ3n) is 2.93. The highest BCUT2D eigenvalue weighted by molar-refractivity contribution is 6.55. The van der Waals surface area contributed by atoms with E-state index in [0.717, 1.165) is 11.1 Å². The van der Waals surface area contributed by atoms with Gasteiger partial charge in [0.1, 0.15) is 15.8 Å². The van der Waals surface area contributed by atoms with Crippen LogP contribution < -0.4 is 9.47 Å². The zero-order valence-corrected chi connectivity index (χ0v) is 16.3. The van der Waals surface area contributed by atoms with Gasteiger partial charge in [-0.05, 0) is 37.1 Å². The van der Waals surface area contributed by atoms with E-state index in [2.05, 4.69) is 0 Å². The average Bonchev–Trinajstić information content (AvgIpc) is 2.50. The summed E-state index contributed by atoms with van der Waals surface area (Å²) in [7, 11) is 0. The van der Waals surface area contributed by atoms with Crippen LogP contribution in [0.25, 0.3) is 0 Å². The van der Waals surface area contributed by atoms with Crippen molar-refractivity contribution < 1.29 is 14.3 Å². The fraction of sp³-hybridized carbons (Fsp3) is 0.188. The molecule has 0 aliphatic heterocycles. The molecule has 0 saturated carbocycles. The summed E-state index contributed by atoms with van der Waals surface area (Å²) in [6, 6.07) is 5.44. The van der Waals surface area contributed by atoms with E-state index in [9.17, 15) is 4.79 Å². The largest absolute Gasteiger partial charge is 0.479 e. The maximum Gasteiger partial charge on any atom is 0.349 e. The molecule has 0 N–H and O–H groups in total. The zero-order chi connectivity index (χ0) is 18.0. The Bertz CT molecular complexity index is 756. The molecule has 2 aromatic rings. The molecule has 0 saturated heterocycles. The van der Waals surface area contributed by atoms with Crippen molar-refractivity contribution in [3.05, 3.63) is 54.4 Å². The molecule has 2 aromatic carbocycles. The smallest absolute Gasteiger partial charge is 0.349 e. The van der Waals surface area contributed by atoms with Gasteiger partial charge in [-0.1, -0.05) is 64.1 Å². The van der Waals surface area contributed by atoms with E-state index in [1.807, 2.05) is 19.9 Å². The third kappa shape index (κ3) is 4.41. The van der Waals surface area contributed by atoms with Gasteiger partial charge in [0.15, 0.2) is 12.4 Å². The minimum atomic E-state index is -0.630. The van der Waals surface area contributed by atoms with Crippen LogP contribution in [0.4, 0.5) is 0 Å². The number of carbonyl (C=O) groups excluding carboxylic acids is 1. The van der Waals surface area contributed by atoms with Crippen molar-refractivity contribution in [1.29, 1.82) is 0 Å². The van der Waals surface area contributed by atoms with Crippen LogP contribution in [0.3, 0.4) is 0 Å². The first-order valence-corrected chi connectivity index (χ1v) is 8.53. The van der Waals surface area contributed by atoms with Crippen LogP contribution in [0.2, 0.25) is 25.1 Å². The van der Waals surface area contributed by atoms with Gasteiger partial charge in [-0.3, -0.25) is 0 Å². The van der Waals surface area contributed by atoms with Gasteiger partial charge < -0.3 is 9.47 Å². The van der Waals surface area contributed by atoms with Crippen LogP contribution >= 0.6 is 58.0 Å². The molecule has 0 aliphatic rings. The monoisotopic (exact) mass is 426 g/mol. The van der Waals surface area contributed by atoms with Crippen LogP contribution in [-0.4, -0.2) is 12.6 Å². The van der Waals surface area contributed by atoms with E-state index in [0.29, 0.717) is 5.75 Å². The summed E-state index contributed by atoms with van der Waals surface area (Å²) < 4.78 is 10.5. The SMILES string of the molecule is Cc1cc(C)cc(OC(=O)COc2c(Cl)c(Cl)c(Cl)c(Cl)c2Cl)c1. The Hall–Kier alpha value is -0.840. The molecule has 0 heterocycles. The number of halogens is 5. The van der Waals surface area contributed by atoms with Crippen molar-refractivity contribution in [3.8, 4) is 11.5 Å². The minimum Gasteiger partial charge on any atom is -0.479 e. The zero-order valence-electron chi connectivity index (χ0n) is 12.6. The van der Waals surface area contributed by atoms with Gasteiger partial charge in [0.2, 0.25) is 0 Å². The fourth-order valence-corrected chi connectivity index (χ4v) is 3.23. The summed E-state index contributed by atoms with van der Waals surface area (Å²) in [6.45, 7) is 3.37. The van der Waals surface area contributed by atoms with Gasteiger partial charge in [0.05, 0.1) is 15.1 Å². The van der Waals surface area contributed by atoms with Gasteiger partial charge in [0, 0.05) is 0 Å². The van der Waals surface area contributed by atoms with E-state index in [-0.39, 0.29) is 30.9 Å². The van der Waals surface area contributed by atoms with E-state index < -0.39 is 12.6 Å². The Morgan fingerprint density at radius 3 is 1.79 bits per heavy atom. The number of rotatable bonds is 4. The Balaban J connectivity index is 2.12. The molecule has 24 heavy (non-hydrogen) atoms. The first-order chi connectivity index (χ1) is 11.2. The molecule has 0 aliphatic carbocycles. The Kier molecular flexibility index (Phi) is 6.52. The molecule has 0 unspecified atom stereocenters. The Morgan fingerprint density at radius 1 is 0.833 bits per heavy atom. The number of benzene rings is 2. The summed E-state index contributed by atoms with van der Waals surface area (Å²) in [4.78, 5) is 11.9. The summed E-state index contributed by atoms with van der Waals surface area (Å²) >= 11 is 29.8. The van der Waals surface area contributed by atoms with Crippen LogP contribution in [0, 0.1) is 13.8 Å². The molecule has 8 heteroatoms. The van der Waals surface area contributed by atoms with Gasteiger partial charge in [-0.15, -0.1) is 0 Å². The lowest BCUT2D eigenvalue weighted by Crippen LogP contribution is -2.18. The first kappa shape index (κ1) is 19.5. The lowest BCUT2D eigenvalue weighted by atomic mass is 10.1.